The molecule has 0 radical (unpaired) electrons. The van der Waals surface area contributed by atoms with E-state index in [0.29, 0.717) is 34.0 Å². The predicted octanol–water partition coefficient (Wildman–Crippen LogP) is 2.42. The van der Waals surface area contributed by atoms with Crippen molar-refractivity contribution in [2.75, 3.05) is 31.2 Å². The number of piperidine rings is 1. The number of carbonyl (C=O) groups is 1. The number of hydrogen-bond donors (Lipinski definition) is 5. The molecule has 1 amide bonds. The minimum atomic E-state index is -0.330. The number of nitrogens with two attached hydrogens (primary N) is 2. The van der Waals surface area contributed by atoms with Gasteiger partial charge in [0.25, 0.3) is 5.91 Å². The van der Waals surface area contributed by atoms with Gasteiger partial charge in [0.15, 0.2) is 5.65 Å². The number of hydrogen-bond acceptors (Lipinski definition) is 7. The summed E-state index contributed by atoms with van der Waals surface area (Å²) in [7, 11) is 1.55. The smallest absolute Gasteiger partial charge is 0.272 e. The molecule has 11 heteroatoms. The van der Waals surface area contributed by atoms with E-state index in [0.717, 1.165) is 48.0 Å². The fourth-order valence-corrected chi connectivity index (χ4v) is 4.98. The summed E-state index contributed by atoms with van der Waals surface area (Å²) in [5.74, 6) is 0.654. The predicted molar refractivity (Wildman–Crippen MR) is 140 cm³/mol. The second-order valence-corrected chi connectivity index (χ2v) is 9.17. The number of nitrogen functional groups attached to an aromatic ring is 1. The van der Waals surface area contributed by atoms with E-state index in [4.69, 9.17) is 15.6 Å². The Morgan fingerprint density at radius 1 is 1.19 bits per heavy atom. The van der Waals surface area contributed by atoms with Gasteiger partial charge in [0, 0.05) is 29.3 Å². The van der Waals surface area contributed by atoms with Gasteiger partial charge in [-0.15, -0.1) is 0 Å². The fourth-order valence-electron chi connectivity index (χ4n) is 4.98. The van der Waals surface area contributed by atoms with Gasteiger partial charge in [-0.3, -0.25) is 4.79 Å². The van der Waals surface area contributed by atoms with E-state index in [1.165, 1.54) is 6.33 Å². The minimum Gasteiger partial charge on any atom is -0.508 e. The molecule has 1 aliphatic rings. The van der Waals surface area contributed by atoms with E-state index in [9.17, 15) is 9.90 Å². The monoisotopic (exact) mass is 499 g/mol. The zero-order valence-corrected chi connectivity index (χ0v) is 20.2. The van der Waals surface area contributed by atoms with Gasteiger partial charge in [-0.2, -0.15) is 5.10 Å². The number of phenolic OH excluding ortho intramolecular Hbond substituents is 1. The molecule has 0 aliphatic carbocycles. The van der Waals surface area contributed by atoms with Crippen molar-refractivity contribution < 1.29 is 20.0 Å². The van der Waals surface area contributed by atoms with Gasteiger partial charge in [-0.25, -0.2) is 14.6 Å². The van der Waals surface area contributed by atoms with E-state index in [1.807, 2.05) is 16.8 Å². The van der Waals surface area contributed by atoms with Crippen molar-refractivity contribution in [3.63, 3.8) is 0 Å². The van der Waals surface area contributed by atoms with Gasteiger partial charge in [0.1, 0.15) is 35.0 Å². The Labute approximate surface area is 211 Å². The summed E-state index contributed by atoms with van der Waals surface area (Å²) < 4.78 is 7.60. The molecule has 0 bridgehead atoms. The van der Waals surface area contributed by atoms with Crippen LogP contribution in [0, 0.1) is 0 Å². The molecule has 7 N–H and O–H groups in total. The van der Waals surface area contributed by atoms with Gasteiger partial charge in [0.2, 0.25) is 0 Å². The summed E-state index contributed by atoms with van der Waals surface area (Å²) in [5, 5.41) is 21.3. The number of carbonyl (C=O) groups excluding carboxylic acids is 1. The summed E-state index contributed by atoms with van der Waals surface area (Å²) in [6, 6.07) is 12.3. The molecule has 0 spiro atoms. The average molecular weight is 500 g/mol. The Balaban J connectivity index is 1.35. The number of rotatable bonds is 5. The maximum atomic E-state index is 13.0. The van der Waals surface area contributed by atoms with E-state index >= 15 is 0 Å². The molecular weight excluding hydrogens is 472 g/mol. The Hall–Kier alpha value is -4.64. The lowest BCUT2D eigenvalue weighted by molar-refractivity contribution is -0.664. The highest BCUT2D eigenvalue weighted by molar-refractivity contribution is 6.07. The molecule has 37 heavy (non-hydrogen) atoms. The lowest BCUT2D eigenvalue weighted by atomic mass is 10.1. The van der Waals surface area contributed by atoms with Gasteiger partial charge in [-0.1, -0.05) is 6.07 Å². The molecule has 2 aromatic carbocycles. The van der Waals surface area contributed by atoms with Crippen molar-refractivity contribution in [1.82, 2.24) is 24.7 Å². The number of H-pyrrole nitrogens is 1. The number of anilines is 2. The second kappa shape index (κ2) is 9.10. The first-order valence-electron chi connectivity index (χ1n) is 12.1. The highest BCUT2D eigenvalue weighted by atomic mass is 16.5. The number of nitrogens with zero attached hydrogens (tertiary/aromatic N) is 4. The fraction of sp³-hybridized carbons (Fsp3) is 0.231. The summed E-state index contributed by atoms with van der Waals surface area (Å²) in [6.07, 6.45) is 3.47. The zero-order chi connectivity index (χ0) is 25.5. The molecule has 6 rings (SSSR count). The Bertz CT molecular complexity index is 1630. The quantitative estimate of drug-likeness (QED) is 0.248. The lowest BCUT2D eigenvalue weighted by Gasteiger charge is -2.21. The van der Waals surface area contributed by atoms with Crippen LogP contribution in [0.1, 0.15) is 29.4 Å². The average Bonchev–Trinajstić information content (AvgIpc) is 3.52. The van der Waals surface area contributed by atoms with Gasteiger partial charge < -0.3 is 31.2 Å². The topological polar surface area (TPSA) is 161 Å². The first kappa shape index (κ1) is 22.8. The van der Waals surface area contributed by atoms with Gasteiger partial charge in [0.05, 0.1) is 37.3 Å². The van der Waals surface area contributed by atoms with Crippen molar-refractivity contribution >= 4 is 39.3 Å². The van der Waals surface area contributed by atoms with Crippen LogP contribution in [0.25, 0.3) is 33.2 Å². The third-order valence-corrected chi connectivity index (χ3v) is 6.84. The number of fused-ring (bicyclic) bond motifs is 2. The van der Waals surface area contributed by atoms with Crippen LogP contribution in [0.3, 0.4) is 0 Å². The molecule has 1 aliphatic heterocycles. The number of methoxy groups -OCH3 is 1. The molecule has 0 saturated carbocycles. The SMILES string of the molecule is COc1cc(-c2nn(C3CC[NH2+]CC3)c3ncnc(N)c23)ccc1NC(=O)c1cc2cc(O)ccc2[nH]1. The largest absolute Gasteiger partial charge is 0.508 e. The molecule has 188 valence electrons. The number of nitrogens with one attached hydrogen (secondary N) is 2. The number of amides is 1. The van der Waals surface area contributed by atoms with Crippen LogP contribution in [0.4, 0.5) is 11.5 Å². The van der Waals surface area contributed by atoms with E-state index in [1.54, 1.807) is 37.4 Å². The number of aromatic nitrogens is 5. The number of aromatic hydroxyl groups is 1. The Morgan fingerprint density at radius 3 is 2.84 bits per heavy atom. The van der Waals surface area contributed by atoms with Crippen LogP contribution in [0.2, 0.25) is 0 Å². The molecular formula is C26H27N8O3+. The normalized spacial score (nSPS) is 14.3. The Morgan fingerprint density at radius 2 is 2.03 bits per heavy atom. The third-order valence-electron chi connectivity index (χ3n) is 6.84. The molecule has 1 saturated heterocycles. The number of ether oxygens (including phenoxy) is 1. The van der Waals surface area contributed by atoms with E-state index in [2.05, 4.69) is 25.6 Å². The number of phenols is 1. The standard InChI is InChI=1S/C26H26N8O3/c1-37-21-12-14(2-4-19(21)32-26(36)20-11-15-10-17(35)3-5-18(15)31-20)23-22-24(27)29-13-30-25(22)34(33-23)16-6-8-28-9-7-16/h2-5,10-13,16,28,31,35H,6-9H2,1H3,(H,32,36)(H2,27,29,30)/p+1. The maximum absolute atomic E-state index is 13.0. The van der Waals surface area contributed by atoms with Crippen LogP contribution in [0.5, 0.6) is 11.5 Å². The summed E-state index contributed by atoms with van der Waals surface area (Å²) in [4.78, 5) is 24.8. The number of benzene rings is 2. The molecule has 5 aromatic rings. The molecule has 0 unspecified atom stereocenters. The van der Waals surface area contributed by atoms with E-state index < -0.39 is 0 Å². The zero-order valence-electron chi connectivity index (χ0n) is 20.2. The minimum absolute atomic E-state index is 0.138. The molecule has 11 nitrogen and oxygen atoms in total. The summed E-state index contributed by atoms with van der Waals surface area (Å²) >= 11 is 0. The van der Waals surface area contributed by atoms with Crippen molar-refractivity contribution in [2.45, 2.75) is 18.9 Å². The van der Waals surface area contributed by atoms with Gasteiger partial charge >= 0.3 is 0 Å². The van der Waals surface area contributed by atoms with Crippen LogP contribution >= 0.6 is 0 Å². The molecule has 0 atom stereocenters. The van der Waals surface area contributed by atoms with Crippen LogP contribution in [-0.4, -0.2) is 55.9 Å². The molecule has 3 aromatic heterocycles. The van der Waals surface area contributed by atoms with Crippen LogP contribution in [-0.2, 0) is 0 Å². The maximum Gasteiger partial charge on any atom is 0.272 e. The van der Waals surface area contributed by atoms with Crippen molar-refractivity contribution in [1.29, 1.82) is 0 Å². The first-order valence-corrected chi connectivity index (χ1v) is 12.1. The lowest BCUT2D eigenvalue weighted by Crippen LogP contribution is -2.86. The first-order chi connectivity index (χ1) is 18.0. The second-order valence-electron chi connectivity index (χ2n) is 9.17. The van der Waals surface area contributed by atoms with Crippen LogP contribution < -0.4 is 21.1 Å². The summed E-state index contributed by atoms with van der Waals surface area (Å²) in [6.45, 7) is 2.09. The van der Waals surface area contributed by atoms with Crippen LogP contribution in [0.15, 0.2) is 48.8 Å². The summed E-state index contributed by atoms with van der Waals surface area (Å²) in [5.41, 5.74) is 10.1. The number of aromatic amines is 1. The highest BCUT2D eigenvalue weighted by Crippen LogP contribution is 2.37. The molecule has 1 fully saturated rings. The van der Waals surface area contributed by atoms with Crippen molar-refractivity contribution in [3.05, 3.63) is 54.5 Å². The highest BCUT2D eigenvalue weighted by Gasteiger charge is 2.25. The van der Waals surface area contributed by atoms with Gasteiger partial charge in [-0.05, 0) is 36.4 Å². The molecule has 4 heterocycles. The van der Waals surface area contributed by atoms with Crippen molar-refractivity contribution in [3.8, 4) is 22.8 Å². The third kappa shape index (κ3) is 4.08. The Kier molecular flexibility index (Phi) is 5.61. The number of quaternary nitrogens is 1. The van der Waals surface area contributed by atoms with E-state index in [-0.39, 0.29) is 17.7 Å². The van der Waals surface area contributed by atoms with Crippen molar-refractivity contribution in [2.24, 2.45) is 0 Å².